The Balaban J connectivity index is 1.96. The van der Waals surface area contributed by atoms with Crippen molar-refractivity contribution in [3.05, 3.63) is 35.9 Å². The van der Waals surface area contributed by atoms with Gasteiger partial charge in [-0.1, -0.05) is 13.8 Å². The Labute approximate surface area is 136 Å². The highest BCUT2D eigenvalue weighted by Crippen LogP contribution is 2.21. The first-order chi connectivity index (χ1) is 11.1. The van der Waals surface area contributed by atoms with Crippen LogP contribution in [0.4, 0.5) is 5.88 Å². The van der Waals surface area contributed by atoms with Crippen LogP contribution in [0.25, 0.3) is 0 Å². The van der Waals surface area contributed by atoms with E-state index in [0.717, 1.165) is 5.75 Å². The Morgan fingerprint density at radius 1 is 1.22 bits per heavy atom. The van der Waals surface area contributed by atoms with Crippen LogP contribution >= 0.6 is 0 Å². The second kappa shape index (κ2) is 8.08. The monoisotopic (exact) mass is 315 g/mol. The summed E-state index contributed by atoms with van der Waals surface area (Å²) in [5.41, 5.74) is 0.246. The lowest BCUT2D eigenvalue weighted by Crippen LogP contribution is -2.08. The first kappa shape index (κ1) is 16.7. The normalized spacial score (nSPS) is 10.4. The zero-order valence-corrected chi connectivity index (χ0v) is 13.6. The summed E-state index contributed by atoms with van der Waals surface area (Å²) < 4.78 is 16.5. The number of nitrogens with zero attached hydrogens (tertiary/aromatic N) is 2. The number of oxazole rings is 1. The number of hydrogen-bond donors (Lipinski definition) is 1. The molecule has 0 unspecified atom stereocenters. The third kappa shape index (κ3) is 4.92. The van der Waals surface area contributed by atoms with Gasteiger partial charge in [-0.2, -0.15) is 10.2 Å². The molecule has 1 aromatic carbocycles. The Bertz CT molecular complexity index is 657. The number of rotatable bonds is 8. The molecule has 0 aliphatic heterocycles. The van der Waals surface area contributed by atoms with Crippen LogP contribution in [0.1, 0.15) is 32.4 Å². The van der Waals surface area contributed by atoms with Gasteiger partial charge in [0.1, 0.15) is 17.6 Å². The summed E-state index contributed by atoms with van der Waals surface area (Å²) in [7, 11) is 0. The largest absolute Gasteiger partial charge is 0.494 e. The fourth-order valence-corrected chi connectivity index (χ4v) is 1.86. The van der Waals surface area contributed by atoms with E-state index < -0.39 is 0 Å². The minimum atomic E-state index is 0.159. The van der Waals surface area contributed by atoms with Gasteiger partial charge in [-0.15, -0.1) is 0 Å². The van der Waals surface area contributed by atoms with Crippen molar-refractivity contribution in [2.45, 2.75) is 27.4 Å². The molecule has 0 spiro atoms. The number of ether oxygens (including phenoxy) is 2. The van der Waals surface area contributed by atoms with E-state index in [2.05, 4.69) is 24.1 Å². The SMILES string of the molecule is CCOc1ccc(OCc2nc(C#N)c(NCC(C)C)o2)cc1. The van der Waals surface area contributed by atoms with Crippen molar-refractivity contribution in [2.75, 3.05) is 18.5 Å². The van der Waals surface area contributed by atoms with Crippen molar-refractivity contribution in [2.24, 2.45) is 5.92 Å². The maximum atomic E-state index is 9.10. The average Bonchev–Trinajstić information content (AvgIpc) is 2.95. The van der Waals surface area contributed by atoms with Gasteiger partial charge in [-0.25, -0.2) is 0 Å². The van der Waals surface area contributed by atoms with Gasteiger partial charge in [0, 0.05) is 6.54 Å². The third-order valence-electron chi connectivity index (χ3n) is 2.95. The summed E-state index contributed by atoms with van der Waals surface area (Å²) in [4.78, 5) is 4.13. The lowest BCUT2D eigenvalue weighted by atomic mass is 10.2. The van der Waals surface area contributed by atoms with Crippen LogP contribution in [0.5, 0.6) is 11.5 Å². The van der Waals surface area contributed by atoms with E-state index in [-0.39, 0.29) is 12.3 Å². The van der Waals surface area contributed by atoms with Crippen LogP contribution in [0.2, 0.25) is 0 Å². The molecule has 1 N–H and O–H groups in total. The van der Waals surface area contributed by atoms with Crippen molar-refractivity contribution >= 4 is 5.88 Å². The molecule has 6 heteroatoms. The van der Waals surface area contributed by atoms with Gasteiger partial charge in [0.2, 0.25) is 17.5 Å². The highest BCUT2D eigenvalue weighted by atomic mass is 16.5. The smallest absolute Gasteiger partial charge is 0.236 e. The zero-order valence-electron chi connectivity index (χ0n) is 13.6. The summed E-state index contributed by atoms with van der Waals surface area (Å²) in [6, 6.07) is 9.33. The molecule has 0 amide bonds. The van der Waals surface area contributed by atoms with Crippen molar-refractivity contribution in [1.82, 2.24) is 4.98 Å². The van der Waals surface area contributed by atoms with Crippen molar-refractivity contribution in [1.29, 1.82) is 5.26 Å². The van der Waals surface area contributed by atoms with E-state index in [0.29, 0.717) is 36.6 Å². The number of nitriles is 1. The standard InChI is InChI=1S/C17H21N3O3/c1-4-21-13-5-7-14(8-6-13)22-11-16-20-15(9-18)17(23-16)19-10-12(2)3/h5-8,12,19H,4,10-11H2,1-3H3. The maximum absolute atomic E-state index is 9.10. The number of benzene rings is 1. The molecule has 0 bridgehead atoms. The van der Waals surface area contributed by atoms with Gasteiger partial charge < -0.3 is 19.2 Å². The lowest BCUT2D eigenvalue weighted by molar-refractivity contribution is 0.264. The van der Waals surface area contributed by atoms with Crippen molar-refractivity contribution in [3.63, 3.8) is 0 Å². The Hall–Kier alpha value is -2.68. The predicted octanol–water partition coefficient (Wildman–Crippen LogP) is 3.59. The maximum Gasteiger partial charge on any atom is 0.236 e. The highest BCUT2D eigenvalue weighted by molar-refractivity contribution is 5.45. The molecule has 2 aromatic rings. The van der Waals surface area contributed by atoms with Crippen LogP contribution in [0.3, 0.4) is 0 Å². The van der Waals surface area contributed by atoms with Crippen LogP contribution < -0.4 is 14.8 Å². The van der Waals surface area contributed by atoms with Gasteiger partial charge in [0.15, 0.2) is 6.61 Å². The Morgan fingerprint density at radius 2 is 1.87 bits per heavy atom. The van der Waals surface area contributed by atoms with E-state index in [1.165, 1.54) is 0 Å². The molecule has 23 heavy (non-hydrogen) atoms. The number of nitrogens with one attached hydrogen (secondary N) is 1. The summed E-state index contributed by atoms with van der Waals surface area (Å²) in [6.07, 6.45) is 0. The first-order valence-electron chi connectivity index (χ1n) is 7.61. The fraction of sp³-hybridized carbons (Fsp3) is 0.412. The molecule has 0 fully saturated rings. The second-order valence-electron chi connectivity index (χ2n) is 5.36. The van der Waals surface area contributed by atoms with E-state index in [4.69, 9.17) is 19.2 Å². The third-order valence-corrected chi connectivity index (χ3v) is 2.95. The quantitative estimate of drug-likeness (QED) is 0.802. The zero-order chi connectivity index (χ0) is 16.7. The van der Waals surface area contributed by atoms with Crippen molar-refractivity contribution in [3.8, 4) is 17.6 Å². The lowest BCUT2D eigenvalue weighted by Gasteiger charge is -2.06. The molecule has 1 heterocycles. The summed E-state index contributed by atoms with van der Waals surface area (Å²) >= 11 is 0. The van der Waals surface area contributed by atoms with Crippen molar-refractivity contribution < 1.29 is 13.9 Å². The van der Waals surface area contributed by atoms with Gasteiger partial charge in [0.25, 0.3) is 0 Å². The summed E-state index contributed by atoms with van der Waals surface area (Å²) in [5, 5.41) is 12.2. The minimum Gasteiger partial charge on any atom is -0.494 e. The molecule has 0 aliphatic carbocycles. The molecule has 0 saturated heterocycles. The van der Waals surface area contributed by atoms with Crippen LogP contribution in [0.15, 0.2) is 28.7 Å². The van der Waals surface area contributed by atoms with Gasteiger partial charge in [-0.05, 0) is 37.1 Å². The van der Waals surface area contributed by atoms with E-state index in [1.54, 1.807) is 0 Å². The molecular weight excluding hydrogens is 294 g/mol. The van der Waals surface area contributed by atoms with Crippen LogP contribution in [-0.2, 0) is 6.61 Å². The fourth-order valence-electron chi connectivity index (χ4n) is 1.86. The highest BCUT2D eigenvalue weighted by Gasteiger charge is 2.13. The number of anilines is 1. The molecule has 0 atom stereocenters. The van der Waals surface area contributed by atoms with Gasteiger partial charge >= 0.3 is 0 Å². The molecule has 0 radical (unpaired) electrons. The minimum absolute atomic E-state index is 0.159. The van der Waals surface area contributed by atoms with Crippen LogP contribution in [-0.4, -0.2) is 18.1 Å². The molecule has 2 rings (SSSR count). The Morgan fingerprint density at radius 3 is 2.43 bits per heavy atom. The first-order valence-corrected chi connectivity index (χ1v) is 7.61. The topological polar surface area (TPSA) is 80.3 Å². The summed E-state index contributed by atoms with van der Waals surface area (Å²) in [5.74, 6) is 2.67. The van der Waals surface area contributed by atoms with Crippen LogP contribution in [0, 0.1) is 17.2 Å². The molecule has 6 nitrogen and oxygen atoms in total. The van der Waals surface area contributed by atoms with E-state index >= 15 is 0 Å². The molecule has 0 aliphatic rings. The number of aromatic nitrogens is 1. The molecular formula is C17H21N3O3. The van der Waals surface area contributed by atoms with Gasteiger partial charge in [0.05, 0.1) is 6.61 Å². The van der Waals surface area contributed by atoms with E-state index in [9.17, 15) is 0 Å². The molecule has 1 aromatic heterocycles. The summed E-state index contributed by atoms with van der Waals surface area (Å²) in [6.45, 7) is 7.58. The number of hydrogen-bond acceptors (Lipinski definition) is 6. The Kier molecular flexibility index (Phi) is 5.87. The average molecular weight is 315 g/mol. The molecule has 122 valence electrons. The van der Waals surface area contributed by atoms with E-state index in [1.807, 2.05) is 37.3 Å². The van der Waals surface area contributed by atoms with Gasteiger partial charge in [-0.3, -0.25) is 0 Å². The molecule has 0 saturated carbocycles. The predicted molar refractivity (Wildman–Crippen MR) is 86.5 cm³/mol. The second-order valence-corrected chi connectivity index (χ2v) is 5.36.